The average molecular weight is 322 g/mol. The van der Waals surface area contributed by atoms with E-state index in [4.69, 9.17) is 4.74 Å². The molecule has 1 aliphatic heterocycles. The van der Waals surface area contributed by atoms with Crippen molar-refractivity contribution in [1.29, 1.82) is 0 Å². The summed E-state index contributed by atoms with van der Waals surface area (Å²) in [7, 11) is 1.94. The highest BCUT2D eigenvalue weighted by Gasteiger charge is 2.28. The first-order valence-electron chi connectivity index (χ1n) is 8.35. The van der Waals surface area contributed by atoms with E-state index in [0.717, 1.165) is 51.0 Å². The van der Waals surface area contributed by atoms with E-state index in [2.05, 4.69) is 46.4 Å². The average Bonchev–Trinajstić information content (AvgIpc) is 2.96. The van der Waals surface area contributed by atoms with Crippen LogP contribution in [0.4, 0.5) is 0 Å². The van der Waals surface area contributed by atoms with Crippen molar-refractivity contribution < 1.29 is 4.74 Å². The standard InChI is InChI=1S/C16H30N6O/c1-5-17-15(18-12-14-6-7-20-21(14)4)19-13-16(2,3)22-8-10-23-11-9-22/h6-7H,5,8-13H2,1-4H3,(H2,17,18,19). The van der Waals surface area contributed by atoms with Crippen LogP contribution in [0.15, 0.2) is 17.3 Å². The Morgan fingerprint density at radius 2 is 2.09 bits per heavy atom. The molecule has 0 aliphatic carbocycles. The number of hydrogen-bond donors (Lipinski definition) is 2. The lowest BCUT2D eigenvalue weighted by Crippen LogP contribution is -2.56. The van der Waals surface area contributed by atoms with E-state index in [9.17, 15) is 0 Å². The molecule has 7 nitrogen and oxygen atoms in total. The predicted octanol–water partition coefficient (Wildman–Crippen LogP) is 0.586. The van der Waals surface area contributed by atoms with Crippen LogP contribution in [0.25, 0.3) is 0 Å². The third-order valence-electron chi connectivity index (χ3n) is 4.22. The van der Waals surface area contributed by atoms with Crippen molar-refractivity contribution in [3.8, 4) is 0 Å². The molecule has 0 saturated carbocycles. The highest BCUT2D eigenvalue weighted by Crippen LogP contribution is 2.15. The molecule has 130 valence electrons. The van der Waals surface area contributed by atoms with Gasteiger partial charge in [-0.3, -0.25) is 9.58 Å². The maximum absolute atomic E-state index is 5.44. The number of morpholine rings is 1. The molecular weight excluding hydrogens is 292 g/mol. The number of ether oxygens (including phenoxy) is 1. The van der Waals surface area contributed by atoms with E-state index in [0.29, 0.717) is 6.54 Å². The van der Waals surface area contributed by atoms with Crippen molar-refractivity contribution in [3.05, 3.63) is 18.0 Å². The van der Waals surface area contributed by atoms with Crippen LogP contribution in [0.1, 0.15) is 26.5 Å². The highest BCUT2D eigenvalue weighted by molar-refractivity contribution is 5.79. The van der Waals surface area contributed by atoms with E-state index in [1.165, 1.54) is 0 Å². The molecule has 7 heteroatoms. The molecule has 0 unspecified atom stereocenters. The van der Waals surface area contributed by atoms with Crippen LogP contribution in [-0.4, -0.2) is 65.6 Å². The fourth-order valence-corrected chi connectivity index (χ4v) is 2.64. The summed E-state index contributed by atoms with van der Waals surface area (Å²) in [4.78, 5) is 7.12. The normalized spacial score (nSPS) is 17.3. The molecule has 0 bridgehead atoms. The number of aryl methyl sites for hydroxylation is 1. The second-order valence-electron chi connectivity index (χ2n) is 6.41. The molecule has 0 spiro atoms. The first kappa shape index (κ1) is 17.7. The summed E-state index contributed by atoms with van der Waals surface area (Å²) >= 11 is 0. The smallest absolute Gasteiger partial charge is 0.191 e. The molecule has 0 aromatic carbocycles. The predicted molar refractivity (Wildman–Crippen MR) is 92.5 cm³/mol. The van der Waals surface area contributed by atoms with Crippen LogP contribution in [0, 0.1) is 0 Å². The first-order chi connectivity index (χ1) is 11.0. The van der Waals surface area contributed by atoms with Crippen molar-refractivity contribution in [3.63, 3.8) is 0 Å². The quantitative estimate of drug-likeness (QED) is 0.593. The lowest BCUT2D eigenvalue weighted by atomic mass is 10.0. The van der Waals surface area contributed by atoms with E-state index < -0.39 is 0 Å². The molecule has 2 N–H and O–H groups in total. The van der Waals surface area contributed by atoms with Crippen molar-refractivity contribution in [2.24, 2.45) is 12.0 Å². The molecular formula is C16H30N6O. The molecule has 1 saturated heterocycles. The molecule has 0 atom stereocenters. The van der Waals surface area contributed by atoms with Crippen LogP contribution >= 0.6 is 0 Å². The van der Waals surface area contributed by atoms with Crippen LogP contribution in [0.3, 0.4) is 0 Å². The highest BCUT2D eigenvalue weighted by atomic mass is 16.5. The minimum atomic E-state index is 0.0620. The zero-order valence-electron chi connectivity index (χ0n) is 14.8. The van der Waals surface area contributed by atoms with E-state index in [-0.39, 0.29) is 5.54 Å². The number of nitrogens with one attached hydrogen (secondary N) is 2. The summed E-state index contributed by atoms with van der Waals surface area (Å²) in [6.07, 6.45) is 1.80. The minimum Gasteiger partial charge on any atom is -0.379 e. The Hall–Kier alpha value is -1.60. The number of rotatable bonds is 6. The SMILES string of the molecule is CCNC(=NCc1ccnn1C)NCC(C)(C)N1CCOCC1. The van der Waals surface area contributed by atoms with Gasteiger partial charge in [0.2, 0.25) is 0 Å². The van der Waals surface area contributed by atoms with Crippen LogP contribution < -0.4 is 10.6 Å². The summed E-state index contributed by atoms with van der Waals surface area (Å²) in [6, 6.07) is 1.99. The number of guanidine groups is 1. The maximum atomic E-state index is 5.44. The topological polar surface area (TPSA) is 66.7 Å². The molecule has 2 rings (SSSR count). The Balaban J connectivity index is 1.91. The van der Waals surface area contributed by atoms with Crippen molar-refractivity contribution in [1.82, 2.24) is 25.3 Å². The molecule has 1 aromatic heterocycles. The van der Waals surface area contributed by atoms with Crippen molar-refractivity contribution in [2.45, 2.75) is 32.9 Å². The number of hydrogen-bond acceptors (Lipinski definition) is 4. The second-order valence-corrected chi connectivity index (χ2v) is 6.41. The third kappa shape index (κ3) is 5.21. The van der Waals surface area contributed by atoms with Gasteiger partial charge in [-0.2, -0.15) is 5.10 Å². The number of nitrogens with zero attached hydrogens (tertiary/aromatic N) is 4. The largest absolute Gasteiger partial charge is 0.379 e. The Labute approximate surface area is 139 Å². The van der Waals surface area contributed by atoms with Gasteiger partial charge in [0.15, 0.2) is 5.96 Å². The molecule has 0 radical (unpaired) electrons. The summed E-state index contributed by atoms with van der Waals surface area (Å²) in [5.74, 6) is 0.843. The molecule has 1 fully saturated rings. The van der Waals surface area contributed by atoms with Gasteiger partial charge in [-0.15, -0.1) is 0 Å². The Bertz CT molecular complexity index is 504. The van der Waals surface area contributed by atoms with E-state index in [1.807, 2.05) is 17.8 Å². The Morgan fingerprint density at radius 3 is 2.70 bits per heavy atom. The van der Waals surface area contributed by atoms with Gasteiger partial charge in [0, 0.05) is 45.0 Å². The summed E-state index contributed by atoms with van der Waals surface area (Å²) in [5, 5.41) is 10.9. The maximum Gasteiger partial charge on any atom is 0.191 e. The van der Waals surface area contributed by atoms with Gasteiger partial charge in [-0.05, 0) is 26.8 Å². The zero-order valence-corrected chi connectivity index (χ0v) is 14.8. The lowest BCUT2D eigenvalue weighted by molar-refractivity contribution is -0.00834. The molecule has 2 heterocycles. The number of aromatic nitrogens is 2. The summed E-state index contributed by atoms with van der Waals surface area (Å²) in [6.45, 7) is 12.5. The van der Waals surface area contributed by atoms with Gasteiger partial charge >= 0.3 is 0 Å². The van der Waals surface area contributed by atoms with Gasteiger partial charge in [0.1, 0.15) is 0 Å². The molecule has 1 aromatic rings. The Kier molecular flexibility index (Phi) is 6.41. The van der Waals surface area contributed by atoms with E-state index >= 15 is 0 Å². The van der Waals surface area contributed by atoms with Crippen molar-refractivity contribution in [2.75, 3.05) is 39.4 Å². The van der Waals surface area contributed by atoms with Gasteiger partial charge in [0.05, 0.1) is 25.5 Å². The fraction of sp³-hybridized carbons (Fsp3) is 0.750. The monoisotopic (exact) mass is 322 g/mol. The van der Waals surface area contributed by atoms with E-state index in [1.54, 1.807) is 6.20 Å². The second kappa shape index (κ2) is 8.31. The van der Waals surface area contributed by atoms with Crippen LogP contribution in [0.5, 0.6) is 0 Å². The fourth-order valence-electron chi connectivity index (χ4n) is 2.64. The minimum absolute atomic E-state index is 0.0620. The molecule has 23 heavy (non-hydrogen) atoms. The van der Waals surface area contributed by atoms with Gasteiger partial charge in [0.25, 0.3) is 0 Å². The van der Waals surface area contributed by atoms with Crippen LogP contribution in [-0.2, 0) is 18.3 Å². The van der Waals surface area contributed by atoms with Crippen molar-refractivity contribution >= 4 is 5.96 Å². The summed E-state index contributed by atoms with van der Waals surface area (Å²) in [5.41, 5.74) is 1.15. The van der Waals surface area contributed by atoms with Crippen LogP contribution in [0.2, 0.25) is 0 Å². The van der Waals surface area contributed by atoms with Gasteiger partial charge < -0.3 is 15.4 Å². The molecule has 1 aliphatic rings. The van der Waals surface area contributed by atoms with Gasteiger partial charge in [-0.1, -0.05) is 0 Å². The third-order valence-corrected chi connectivity index (χ3v) is 4.22. The first-order valence-corrected chi connectivity index (χ1v) is 8.35. The Morgan fingerprint density at radius 1 is 1.35 bits per heavy atom. The molecule has 0 amide bonds. The summed E-state index contributed by atoms with van der Waals surface area (Å²) < 4.78 is 7.30. The zero-order chi connectivity index (χ0) is 16.7. The number of aliphatic imine (C=N–C) groups is 1. The van der Waals surface area contributed by atoms with Gasteiger partial charge in [-0.25, -0.2) is 4.99 Å². The lowest BCUT2D eigenvalue weighted by Gasteiger charge is -2.41.